The summed E-state index contributed by atoms with van der Waals surface area (Å²) in [4.78, 5) is 14.9. The standard InChI is InChI=1S/C12H17NO2S2/c1-8-2-4-10(5-3-8)17-12-13-9(7-16-12)6-11(14)15/h7-8,10H,2-6H2,1H3,(H,14,15). The zero-order valence-corrected chi connectivity index (χ0v) is 11.5. The SMILES string of the molecule is CC1CCC(Sc2nc(CC(=O)O)cs2)CC1. The van der Waals surface area contributed by atoms with E-state index in [1.807, 2.05) is 17.1 Å². The van der Waals surface area contributed by atoms with Crippen LogP contribution in [0, 0.1) is 5.92 Å². The quantitative estimate of drug-likeness (QED) is 0.911. The number of carbonyl (C=O) groups is 1. The number of aliphatic carboxylic acids is 1. The molecule has 5 heteroatoms. The maximum Gasteiger partial charge on any atom is 0.309 e. The Morgan fingerprint density at radius 2 is 2.24 bits per heavy atom. The van der Waals surface area contributed by atoms with Gasteiger partial charge < -0.3 is 5.11 Å². The summed E-state index contributed by atoms with van der Waals surface area (Å²) in [7, 11) is 0. The van der Waals surface area contributed by atoms with Gasteiger partial charge in [-0.05, 0) is 31.6 Å². The van der Waals surface area contributed by atoms with E-state index in [1.54, 1.807) is 11.3 Å². The van der Waals surface area contributed by atoms with E-state index >= 15 is 0 Å². The highest BCUT2D eigenvalue weighted by Crippen LogP contribution is 2.36. The van der Waals surface area contributed by atoms with Gasteiger partial charge in [0.1, 0.15) is 4.34 Å². The van der Waals surface area contributed by atoms with Gasteiger partial charge in [-0.15, -0.1) is 11.3 Å². The first-order valence-corrected chi connectivity index (χ1v) is 7.72. The lowest BCUT2D eigenvalue weighted by atomic mass is 9.91. The van der Waals surface area contributed by atoms with Crippen molar-refractivity contribution in [3.05, 3.63) is 11.1 Å². The van der Waals surface area contributed by atoms with Crippen LogP contribution in [0.4, 0.5) is 0 Å². The molecule has 94 valence electrons. The van der Waals surface area contributed by atoms with Crippen molar-refractivity contribution < 1.29 is 9.90 Å². The van der Waals surface area contributed by atoms with Crippen LogP contribution in [0.3, 0.4) is 0 Å². The van der Waals surface area contributed by atoms with Crippen LogP contribution in [0.5, 0.6) is 0 Å². The Kier molecular flexibility index (Phi) is 4.45. The zero-order valence-electron chi connectivity index (χ0n) is 9.89. The maximum absolute atomic E-state index is 10.6. The highest BCUT2D eigenvalue weighted by molar-refractivity contribution is 8.01. The average Bonchev–Trinajstić information content (AvgIpc) is 2.68. The summed E-state index contributed by atoms with van der Waals surface area (Å²) in [5.74, 6) is 0.0593. The molecular formula is C12H17NO2S2. The number of hydrogen-bond donors (Lipinski definition) is 1. The molecule has 1 aliphatic rings. The molecule has 0 bridgehead atoms. The van der Waals surface area contributed by atoms with Crippen LogP contribution in [0.15, 0.2) is 9.72 Å². The fourth-order valence-corrected chi connectivity index (χ4v) is 4.35. The van der Waals surface area contributed by atoms with Gasteiger partial charge in [0.25, 0.3) is 0 Å². The average molecular weight is 271 g/mol. The monoisotopic (exact) mass is 271 g/mol. The molecule has 17 heavy (non-hydrogen) atoms. The van der Waals surface area contributed by atoms with E-state index in [0.717, 1.165) is 10.3 Å². The van der Waals surface area contributed by atoms with Gasteiger partial charge in [0.05, 0.1) is 12.1 Å². The number of hydrogen-bond acceptors (Lipinski definition) is 4. The second-order valence-corrected chi connectivity index (χ2v) is 7.08. The summed E-state index contributed by atoms with van der Waals surface area (Å²) in [5.41, 5.74) is 0.689. The van der Waals surface area contributed by atoms with E-state index in [4.69, 9.17) is 5.11 Å². The minimum atomic E-state index is -0.807. The third-order valence-electron chi connectivity index (χ3n) is 3.09. The van der Waals surface area contributed by atoms with Crippen LogP contribution in [0.25, 0.3) is 0 Å². The molecule has 2 rings (SSSR count). The van der Waals surface area contributed by atoms with E-state index in [2.05, 4.69) is 11.9 Å². The highest BCUT2D eigenvalue weighted by atomic mass is 32.2. The summed E-state index contributed by atoms with van der Waals surface area (Å²) in [6.07, 6.45) is 5.19. The molecule has 0 spiro atoms. The minimum absolute atomic E-state index is 0.0404. The molecule has 0 aromatic carbocycles. The largest absolute Gasteiger partial charge is 0.481 e. The van der Waals surface area contributed by atoms with E-state index in [-0.39, 0.29) is 6.42 Å². The first-order valence-electron chi connectivity index (χ1n) is 5.96. The fraction of sp³-hybridized carbons (Fsp3) is 0.667. The predicted molar refractivity (Wildman–Crippen MR) is 70.7 cm³/mol. The third kappa shape index (κ3) is 4.00. The van der Waals surface area contributed by atoms with Crippen molar-refractivity contribution in [2.45, 2.75) is 48.6 Å². The fourth-order valence-electron chi connectivity index (χ4n) is 2.07. The summed E-state index contributed by atoms with van der Waals surface area (Å²) in [5, 5.41) is 11.2. The molecule has 1 saturated carbocycles. The van der Waals surface area contributed by atoms with Crippen molar-refractivity contribution in [1.82, 2.24) is 4.98 Å². The number of thiazole rings is 1. The number of thioether (sulfide) groups is 1. The van der Waals surface area contributed by atoms with Crippen LogP contribution >= 0.6 is 23.1 Å². The van der Waals surface area contributed by atoms with Gasteiger partial charge in [0.2, 0.25) is 0 Å². The molecule has 1 N–H and O–H groups in total. The lowest BCUT2D eigenvalue weighted by Gasteiger charge is -2.24. The lowest BCUT2D eigenvalue weighted by Crippen LogP contribution is -2.13. The van der Waals surface area contributed by atoms with E-state index in [9.17, 15) is 4.79 Å². The van der Waals surface area contributed by atoms with Crippen molar-refractivity contribution >= 4 is 29.1 Å². The Bertz CT molecular complexity index is 384. The molecule has 0 unspecified atom stereocenters. The first-order chi connectivity index (χ1) is 8.13. The molecule has 3 nitrogen and oxygen atoms in total. The van der Waals surface area contributed by atoms with E-state index in [0.29, 0.717) is 10.9 Å². The summed E-state index contributed by atoms with van der Waals surface area (Å²) in [6, 6.07) is 0. The topological polar surface area (TPSA) is 50.2 Å². The molecule has 0 radical (unpaired) electrons. The van der Waals surface area contributed by atoms with Crippen LogP contribution < -0.4 is 0 Å². The van der Waals surface area contributed by atoms with E-state index in [1.165, 1.54) is 25.7 Å². The predicted octanol–water partition coefficient (Wildman–Crippen LogP) is 3.44. The number of aromatic nitrogens is 1. The smallest absolute Gasteiger partial charge is 0.309 e. The van der Waals surface area contributed by atoms with Gasteiger partial charge in [-0.1, -0.05) is 18.7 Å². The number of rotatable bonds is 4. The Morgan fingerprint density at radius 3 is 2.88 bits per heavy atom. The Morgan fingerprint density at radius 1 is 1.53 bits per heavy atom. The van der Waals surface area contributed by atoms with Gasteiger partial charge in [-0.3, -0.25) is 4.79 Å². The van der Waals surface area contributed by atoms with Crippen molar-refractivity contribution in [1.29, 1.82) is 0 Å². The Balaban J connectivity index is 1.86. The zero-order chi connectivity index (χ0) is 12.3. The van der Waals surface area contributed by atoms with Gasteiger partial charge in [-0.2, -0.15) is 0 Å². The van der Waals surface area contributed by atoms with Gasteiger partial charge in [0.15, 0.2) is 0 Å². The lowest BCUT2D eigenvalue weighted by molar-refractivity contribution is -0.136. The van der Waals surface area contributed by atoms with Crippen molar-refractivity contribution in [3.8, 4) is 0 Å². The molecule has 0 saturated heterocycles. The van der Waals surface area contributed by atoms with Crippen molar-refractivity contribution in [3.63, 3.8) is 0 Å². The molecule has 1 aliphatic carbocycles. The normalized spacial score (nSPS) is 24.8. The molecule has 1 aromatic rings. The molecule has 1 aromatic heterocycles. The second kappa shape index (κ2) is 5.87. The second-order valence-electron chi connectivity index (χ2n) is 4.67. The van der Waals surface area contributed by atoms with Crippen LogP contribution in [0.1, 0.15) is 38.3 Å². The summed E-state index contributed by atoms with van der Waals surface area (Å²) < 4.78 is 1.03. The number of carboxylic acid groups (broad SMARTS) is 1. The summed E-state index contributed by atoms with van der Waals surface area (Å²) >= 11 is 3.40. The van der Waals surface area contributed by atoms with Gasteiger partial charge in [-0.25, -0.2) is 4.98 Å². The van der Waals surface area contributed by atoms with E-state index < -0.39 is 5.97 Å². The Hall–Kier alpha value is -0.550. The number of carboxylic acids is 1. The Labute approximate surface area is 110 Å². The maximum atomic E-state index is 10.6. The van der Waals surface area contributed by atoms with Gasteiger partial charge >= 0.3 is 5.97 Å². The summed E-state index contributed by atoms with van der Waals surface area (Å²) in [6.45, 7) is 2.31. The van der Waals surface area contributed by atoms with Crippen LogP contribution in [0.2, 0.25) is 0 Å². The molecule has 1 fully saturated rings. The van der Waals surface area contributed by atoms with Crippen LogP contribution in [-0.2, 0) is 11.2 Å². The van der Waals surface area contributed by atoms with Crippen LogP contribution in [-0.4, -0.2) is 21.3 Å². The molecule has 0 amide bonds. The minimum Gasteiger partial charge on any atom is -0.481 e. The third-order valence-corrected chi connectivity index (χ3v) is 5.45. The van der Waals surface area contributed by atoms with Crippen molar-refractivity contribution in [2.75, 3.05) is 0 Å². The first kappa shape index (κ1) is 12.9. The van der Waals surface area contributed by atoms with Crippen molar-refractivity contribution in [2.24, 2.45) is 5.92 Å². The molecule has 0 aliphatic heterocycles. The molecular weight excluding hydrogens is 254 g/mol. The molecule has 0 atom stereocenters. The highest BCUT2D eigenvalue weighted by Gasteiger charge is 2.20. The molecule has 1 heterocycles. The van der Waals surface area contributed by atoms with Gasteiger partial charge in [0, 0.05) is 10.6 Å². The number of nitrogens with zero attached hydrogens (tertiary/aromatic N) is 1.